The second kappa shape index (κ2) is 10.2. The fraction of sp³-hybridized carbons (Fsp3) is 0.478. The van der Waals surface area contributed by atoms with Crippen molar-refractivity contribution in [2.45, 2.75) is 19.8 Å². The van der Waals surface area contributed by atoms with E-state index in [4.69, 9.17) is 4.74 Å². The van der Waals surface area contributed by atoms with Crippen LogP contribution in [0.25, 0.3) is 0 Å². The fourth-order valence-corrected chi connectivity index (χ4v) is 3.96. The van der Waals surface area contributed by atoms with Crippen LogP contribution in [0.3, 0.4) is 0 Å². The lowest BCUT2D eigenvalue weighted by Crippen LogP contribution is -2.47. The highest BCUT2D eigenvalue weighted by Crippen LogP contribution is 2.18. The average Bonchev–Trinajstić information content (AvgIpc) is 3.25. The summed E-state index contributed by atoms with van der Waals surface area (Å²) >= 11 is 0. The van der Waals surface area contributed by atoms with Crippen molar-refractivity contribution in [3.05, 3.63) is 47.8 Å². The van der Waals surface area contributed by atoms with Gasteiger partial charge in [0, 0.05) is 50.9 Å². The molecule has 2 aliphatic rings. The Balaban J connectivity index is 1.16. The minimum Gasteiger partial charge on any atom is -0.478 e. The number of piperazine rings is 1. The van der Waals surface area contributed by atoms with Gasteiger partial charge in [0.05, 0.1) is 23.6 Å². The normalized spacial score (nSPS) is 18.9. The van der Waals surface area contributed by atoms with E-state index in [0.717, 1.165) is 69.3 Å². The third kappa shape index (κ3) is 5.30. The summed E-state index contributed by atoms with van der Waals surface area (Å²) in [5, 5.41) is 13.6. The van der Waals surface area contributed by atoms with Crippen LogP contribution < -0.4 is 15.1 Å². The molecule has 0 aliphatic carbocycles. The number of nitrogens with zero attached hydrogens (tertiary/aromatic N) is 6. The molecule has 2 aliphatic heterocycles. The number of nitriles is 1. The monoisotopic (exact) mass is 419 g/mol. The zero-order valence-electron chi connectivity index (χ0n) is 18.0. The van der Waals surface area contributed by atoms with Crippen LogP contribution in [0.1, 0.15) is 31.0 Å². The van der Waals surface area contributed by atoms with Crippen LogP contribution in [-0.4, -0.2) is 66.5 Å². The van der Waals surface area contributed by atoms with Crippen molar-refractivity contribution in [3.8, 4) is 11.9 Å². The van der Waals surface area contributed by atoms with E-state index in [2.05, 4.69) is 43.3 Å². The van der Waals surface area contributed by atoms with Crippen molar-refractivity contribution in [3.63, 3.8) is 0 Å². The highest BCUT2D eigenvalue weighted by molar-refractivity contribution is 6.01. The Bertz CT molecular complexity index is 947. The molecule has 2 aromatic heterocycles. The van der Waals surface area contributed by atoms with Crippen molar-refractivity contribution >= 4 is 11.5 Å². The summed E-state index contributed by atoms with van der Waals surface area (Å²) in [4.78, 5) is 13.7. The molecule has 0 aromatic carbocycles. The molecule has 8 heteroatoms. The maximum atomic E-state index is 9.28. The van der Waals surface area contributed by atoms with E-state index in [1.165, 1.54) is 0 Å². The lowest BCUT2D eigenvalue weighted by atomic mass is 10.0. The molecule has 0 bridgehead atoms. The molecule has 0 amide bonds. The first kappa shape index (κ1) is 21.1. The largest absolute Gasteiger partial charge is 0.478 e. The molecule has 1 fully saturated rings. The summed E-state index contributed by atoms with van der Waals surface area (Å²) in [7, 11) is 0. The Morgan fingerprint density at radius 1 is 1.16 bits per heavy atom. The molecule has 1 N–H and O–H groups in total. The van der Waals surface area contributed by atoms with Gasteiger partial charge in [-0.15, -0.1) is 0 Å². The van der Waals surface area contributed by atoms with Crippen molar-refractivity contribution in [1.29, 1.82) is 5.26 Å². The number of pyridine rings is 2. The minimum atomic E-state index is 0.368. The second-order valence-electron chi connectivity index (χ2n) is 7.99. The predicted octanol–water partition coefficient (Wildman–Crippen LogP) is 2.27. The summed E-state index contributed by atoms with van der Waals surface area (Å²) in [5.74, 6) is 1.84. The first-order chi connectivity index (χ1) is 15.2. The van der Waals surface area contributed by atoms with Gasteiger partial charge in [-0.25, -0.2) is 9.97 Å². The molecule has 0 radical (unpaired) electrons. The summed E-state index contributed by atoms with van der Waals surface area (Å²) in [6.45, 7) is 8.49. The van der Waals surface area contributed by atoms with Crippen LogP contribution in [0.5, 0.6) is 5.88 Å². The Labute approximate surface area is 183 Å². The first-order valence-corrected chi connectivity index (χ1v) is 11.0. The van der Waals surface area contributed by atoms with E-state index in [1.54, 1.807) is 6.20 Å². The Morgan fingerprint density at radius 2 is 2.03 bits per heavy atom. The lowest BCUT2D eigenvalue weighted by Gasteiger charge is -2.35. The molecule has 4 rings (SSSR count). The Kier molecular flexibility index (Phi) is 6.95. The van der Waals surface area contributed by atoms with Gasteiger partial charge < -0.3 is 15.1 Å². The van der Waals surface area contributed by atoms with Crippen molar-refractivity contribution < 1.29 is 4.74 Å². The number of unbranched alkanes of at least 4 members (excludes halogenated alkanes) is 1. The molecular formula is C23H29N7O. The first-order valence-electron chi connectivity index (χ1n) is 11.0. The quantitative estimate of drug-likeness (QED) is 0.657. The number of ether oxygens (including phenoxy) is 1. The lowest BCUT2D eigenvalue weighted by molar-refractivity contribution is 0.236. The van der Waals surface area contributed by atoms with Crippen LogP contribution in [0, 0.1) is 17.2 Å². The smallest absolute Gasteiger partial charge is 0.213 e. The van der Waals surface area contributed by atoms with Gasteiger partial charge in [0.25, 0.3) is 0 Å². The maximum Gasteiger partial charge on any atom is 0.213 e. The third-order valence-corrected chi connectivity index (χ3v) is 5.75. The summed E-state index contributed by atoms with van der Waals surface area (Å²) in [6, 6.07) is 11.8. The van der Waals surface area contributed by atoms with E-state index in [0.29, 0.717) is 24.0 Å². The van der Waals surface area contributed by atoms with E-state index < -0.39 is 0 Å². The standard InChI is InChI=1S/C23H29N7O/c1-18-17-26-28-22(18)20-7-4-8-21(27-20)31-15-3-2-10-29-11-13-30(14-12-29)23-19(16-24)6-5-9-25-23/h4-9,18,26H,2-3,10-15,17H2,1H3. The van der Waals surface area contributed by atoms with Gasteiger partial charge in [0.15, 0.2) is 0 Å². The highest BCUT2D eigenvalue weighted by atomic mass is 16.5. The minimum absolute atomic E-state index is 0.368. The molecule has 1 saturated heterocycles. The van der Waals surface area contributed by atoms with E-state index in [1.807, 2.05) is 30.3 Å². The molecule has 2 aromatic rings. The maximum absolute atomic E-state index is 9.28. The number of aromatic nitrogens is 2. The summed E-state index contributed by atoms with van der Waals surface area (Å²) in [5.41, 5.74) is 5.57. The van der Waals surface area contributed by atoms with Crippen LogP contribution in [-0.2, 0) is 0 Å². The molecule has 31 heavy (non-hydrogen) atoms. The highest BCUT2D eigenvalue weighted by Gasteiger charge is 2.20. The van der Waals surface area contributed by atoms with Crippen molar-refractivity contribution in [2.24, 2.45) is 11.0 Å². The fourth-order valence-electron chi connectivity index (χ4n) is 3.96. The molecule has 8 nitrogen and oxygen atoms in total. The summed E-state index contributed by atoms with van der Waals surface area (Å²) in [6.07, 6.45) is 3.83. The Morgan fingerprint density at radius 3 is 2.81 bits per heavy atom. The number of nitrogens with one attached hydrogen (secondary N) is 1. The molecule has 0 saturated carbocycles. The Hall–Kier alpha value is -3.18. The van der Waals surface area contributed by atoms with Crippen molar-refractivity contribution in [1.82, 2.24) is 20.3 Å². The van der Waals surface area contributed by atoms with Gasteiger partial charge in [-0.2, -0.15) is 10.4 Å². The average molecular weight is 420 g/mol. The van der Waals surface area contributed by atoms with Gasteiger partial charge in [0.1, 0.15) is 11.9 Å². The van der Waals surface area contributed by atoms with Crippen LogP contribution in [0.4, 0.5) is 5.82 Å². The van der Waals surface area contributed by atoms with E-state index in [9.17, 15) is 5.26 Å². The molecule has 0 spiro atoms. The van der Waals surface area contributed by atoms with Crippen molar-refractivity contribution in [2.75, 3.05) is 50.8 Å². The zero-order valence-corrected chi connectivity index (χ0v) is 18.0. The number of hydrazone groups is 1. The van der Waals surface area contributed by atoms with Crippen LogP contribution in [0.15, 0.2) is 41.6 Å². The molecular weight excluding hydrogens is 390 g/mol. The van der Waals surface area contributed by atoms with E-state index in [-0.39, 0.29) is 0 Å². The van der Waals surface area contributed by atoms with Gasteiger partial charge in [-0.05, 0) is 37.6 Å². The number of hydrogen-bond acceptors (Lipinski definition) is 8. The number of rotatable bonds is 8. The van der Waals surface area contributed by atoms with E-state index >= 15 is 0 Å². The molecule has 4 heterocycles. The number of hydrogen-bond donors (Lipinski definition) is 1. The SMILES string of the molecule is CC1CNN=C1c1cccc(OCCCCN2CCN(c3ncccc3C#N)CC2)n1. The topological polar surface area (TPSA) is 89.7 Å². The zero-order chi connectivity index (χ0) is 21.5. The van der Waals surface area contributed by atoms with Gasteiger partial charge in [-0.3, -0.25) is 4.90 Å². The molecule has 1 atom stereocenters. The third-order valence-electron chi connectivity index (χ3n) is 5.75. The van der Waals surface area contributed by atoms with Crippen LogP contribution in [0.2, 0.25) is 0 Å². The van der Waals surface area contributed by atoms with Crippen LogP contribution >= 0.6 is 0 Å². The van der Waals surface area contributed by atoms with Gasteiger partial charge >= 0.3 is 0 Å². The molecule has 1 unspecified atom stereocenters. The summed E-state index contributed by atoms with van der Waals surface area (Å²) < 4.78 is 5.88. The van der Waals surface area contributed by atoms with Gasteiger partial charge in [-0.1, -0.05) is 13.0 Å². The van der Waals surface area contributed by atoms with Gasteiger partial charge in [0.2, 0.25) is 5.88 Å². The number of anilines is 1. The predicted molar refractivity (Wildman–Crippen MR) is 120 cm³/mol. The molecule has 162 valence electrons. The second-order valence-corrected chi connectivity index (χ2v) is 7.99.